The Morgan fingerprint density at radius 3 is 2.78 bits per heavy atom. The minimum Gasteiger partial charge on any atom is -0.328 e. The predicted molar refractivity (Wildman–Crippen MR) is 74.3 cm³/mol. The summed E-state index contributed by atoms with van der Waals surface area (Å²) in [7, 11) is 0. The number of aryl methyl sites for hydroxylation is 1. The minimum atomic E-state index is -0.00911. The van der Waals surface area contributed by atoms with Gasteiger partial charge in [0.05, 0.1) is 0 Å². The van der Waals surface area contributed by atoms with E-state index in [4.69, 9.17) is 5.73 Å². The summed E-state index contributed by atoms with van der Waals surface area (Å²) in [5, 5.41) is 2.87. The Balaban J connectivity index is 2.43. The molecule has 1 rings (SSSR count). The van der Waals surface area contributed by atoms with Crippen molar-refractivity contribution < 1.29 is 4.79 Å². The van der Waals surface area contributed by atoms with Crippen LogP contribution >= 0.6 is 0 Å². The van der Waals surface area contributed by atoms with E-state index >= 15 is 0 Å². The highest BCUT2D eigenvalue weighted by atomic mass is 16.1. The number of rotatable bonds is 6. The Morgan fingerprint density at radius 1 is 1.44 bits per heavy atom. The number of amides is 1. The maximum Gasteiger partial charge on any atom is 0.228 e. The zero-order valence-electron chi connectivity index (χ0n) is 11.4. The molecule has 1 aromatic rings. The lowest BCUT2D eigenvalue weighted by Gasteiger charge is -2.13. The quantitative estimate of drug-likeness (QED) is 0.814. The van der Waals surface area contributed by atoms with Crippen molar-refractivity contribution >= 4 is 11.7 Å². The van der Waals surface area contributed by atoms with Gasteiger partial charge in [0.2, 0.25) is 5.91 Å². The fourth-order valence-electron chi connectivity index (χ4n) is 1.73. The van der Waals surface area contributed by atoms with E-state index in [1.54, 1.807) is 6.20 Å². The van der Waals surface area contributed by atoms with E-state index in [0.717, 1.165) is 24.8 Å². The van der Waals surface area contributed by atoms with Crippen molar-refractivity contribution in [3.63, 3.8) is 0 Å². The van der Waals surface area contributed by atoms with Crippen molar-refractivity contribution in [3.8, 4) is 0 Å². The second kappa shape index (κ2) is 7.11. The number of nitrogens with one attached hydrogen (secondary N) is 1. The van der Waals surface area contributed by atoms with Crippen LogP contribution in [0.4, 0.5) is 5.82 Å². The summed E-state index contributed by atoms with van der Waals surface area (Å²) in [5.41, 5.74) is 6.67. The van der Waals surface area contributed by atoms with Crippen molar-refractivity contribution in [3.05, 3.63) is 23.9 Å². The molecule has 0 aliphatic heterocycles. The molecule has 0 aliphatic rings. The van der Waals surface area contributed by atoms with Crippen LogP contribution in [0.1, 0.15) is 38.7 Å². The number of carbonyl (C=O) groups is 1. The normalized spacial score (nSPS) is 14.0. The average Bonchev–Trinajstić information content (AvgIpc) is 2.31. The standard InChI is InChI=1S/C14H23N3O/c1-10-7-5-9-16-13(10)17-14(18)11(2)6-4-8-12(3)15/h5,7,9,11-12H,4,6,8,15H2,1-3H3,(H,16,17,18). The Bertz CT molecular complexity index is 390. The van der Waals surface area contributed by atoms with Crippen molar-refractivity contribution in [2.45, 2.75) is 46.1 Å². The molecular formula is C14H23N3O. The summed E-state index contributed by atoms with van der Waals surface area (Å²) in [6, 6.07) is 4.00. The van der Waals surface area contributed by atoms with E-state index in [1.807, 2.05) is 32.9 Å². The van der Waals surface area contributed by atoms with Gasteiger partial charge in [0.1, 0.15) is 5.82 Å². The Kier molecular flexibility index (Phi) is 5.78. The number of pyridine rings is 1. The van der Waals surface area contributed by atoms with Gasteiger partial charge in [0.25, 0.3) is 0 Å². The topological polar surface area (TPSA) is 68.0 Å². The third-order valence-electron chi connectivity index (χ3n) is 3.00. The highest BCUT2D eigenvalue weighted by Gasteiger charge is 2.14. The number of carbonyl (C=O) groups excluding carboxylic acids is 1. The highest BCUT2D eigenvalue weighted by molar-refractivity contribution is 5.91. The monoisotopic (exact) mass is 249 g/mol. The molecular weight excluding hydrogens is 226 g/mol. The summed E-state index contributed by atoms with van der Waals surface area (Å²) >= 11 is 0. The van der Waals surface area contributed by atoms with E-state index in [0.29, 0.717) is 5.82 Å². The Hall–Kier alpha value is -1.42. The zero-order valence-corrected chi connectivity index (χ0v) is 11.4. The molecule has 4 heteroatoms. The molecule has 0 fully saturated rings. The van der Waals surface area contributed by atoms with E-state index in [9.17, 15) is 4.79 Å². The average molecular weight is 249 g/mol. The van der Waals surface area contributed by atoms with Crippen LogP contribution in [0.3, 0.4) is 0 Å². The Morgan fingerprint density at radius 2 is 2.17 bits per heavy atom. The van der Waals surface area contributed by atoms with Gasteiger partial charge in [-0.05, 0) is 38.3 Å². The van der Waals surface area contributed by atoms with Crippen LogP contribution in [0.5, 0.6) is 0 Å². The molecule has 18 heavy (non-hydrogen) atoms. The molecule has 1 aromatic heterocycles. The van der Waals surface area contributed by atoms with Crippen LogP contribution in [0.15, 0.2) is 18.3 Å². The summed E-state index contributed by atoms with van der Waals surface area (Å²) < 4.78 is 0. The lowest BCUT2D eigenvalue weighted by atomic mass is 10.0. The molecule has 0 spiro atoms. The molecule has 0 aromatic carbocycles. The Labute approximate surface area is 109 Å². The zero-order chi connectivity index (χ0) is 13.5. The molecule has 0 bridgehead atoms. The molecule has 1 heterocycles. The number of nitrogens with zero attached hydrogens (tertiary/aromatic N) is 1. The van der Waals surface area contributed by atoms with Crippen molar-refractivity contribution in [1.82, 2.24) is 4.98 Å². The number of nitrogens with two attached hydrogens (primary N) is 1. The van der Waals surface area contributed by atoms with Crippen LogP contribution in [0.25, 0.3) is 0 Å². The number of anilines is 1. The lowest BCUT2D eigenvalue weighted by Crippen LogP contribution is -2.22. The van der Waals surface area contributed by atoms with Gasteiger partial charge in [-0.15, -0.1) is 0 Å². The summed E-state index contributed by atoms with van der Waals surface area (Å²) in [5.74, 6) is 0.674. The predicted octanol–water partition coefficient (Wildman–Crippen LogP) is 2.48. The van der Waals surface area contributed by atoms with Gasteiger partial charge < -0.3 is 11.1 Å². The van der Waals surface area contributed by atoms with E-state index in [-0.39, 0.29) is 17.9 Å². The van der Waals surface area contributed by atoms with E-state index in [2.05, 4.69) is 10.3 Å². The van der Waals surface area contributed by atoms with Crippen molar-refractivity contribution in [1.29, 1.82) is 0 Å². The highest BCUT2D eigenvalue weighted by Crippen LogP contribution is 2.14. The molecule has 2 unspecified atom stereocenters. The third kappa shape index (κ3) is 4.84. The van der Waals surface area contributed by atoms with Crippen LogP contribution in [-0.4, -0.2) is 16.9 Å². The third-order valence-corrected chi connectivity index (χ3v) is 3.00. The first-order valence-electron chi connectivity index (χ1n) is 6.48. The molecule has 0 saturated carbocycles. The lowest BCUT2D eigenvalue weighted by molar-refractivity contribution is -0.119. The first-order valence-corrected chi connectivity index (χ1v) is 6.48. The van der Waals surface area contributed by atoms with Crippen LogP contribution in [0, 0.1) is 12.8 Å². The molecule has 4 nitrogen and oxygen atoms in total. The first-order chi connectivity index (χ1) is 8.50. The fraction of sp³-hybridized carbons (Fsp3) is 0.571. The van der Waals surface area contributed by atoms with Crippen LogP contribution in [-0.2, 0) is 4.79 Å². The van der Waals surface area contributed by atoms with Gasteiger partial charge in [0, 0.05) is 18.2 Å². The van der Waals surface area contributed by atoms with Gasteiger partial charge >= 0.3 is 0 Å². The van der Waals surface area contributed by atoms with E-state index in [1.165, 1.54) is 0 Å². The molecule has 0 radical (unpaired) electrons. The molecule has 0 saturated heterocycles. The summed E-state index contributed by atoms with van der Waals surface area (Å²) in [6.45, 7) is 5.86. The van der Waals surface area contributed by atoms with Crippen molar-refractivity contribution in [2.24, 2.45) is 11.7 Å². The SMILES string of the molecule is Cc1cccnc1NC(=O)C(C)CCCC(C)N. The fourth-order valence-corrected chi connectivity index (χ4v) is 1.73. The summed E-state index contributed by atoms with van der Waals surface area (Å²) in [4.78, 5) is 16.1. The minimum absolute atomic E-state index is 0.00911. The van der Waals surface area contributed by atoms with Gasteiger partial charge in [-0.1, -0.05) is 19.4 Å². The number of hydrogen-bond acceptors (Lipinski definition) is 3. The van der Waals surface area contributed by atoms with Gasteiger partial charge in [-0.25, -0.2) is 4.98 Å². The first kappa shape index (κ1) is 14.6. The molecule has 2 atom stereocenters. The molecule has 100 valence electrons. The second-order valence-corrected chi connectivity index (χ2v) is 4.97. The molecule has 1 amide bonds. The smallest absolute Gasteiger partial charge is 0.228 e. The molecule has 3 N–H and O–H groups in total. The van der Waals surface area contributed by atoms with Gasteiger partial charge in [0.15, 0.2) is 0 Å². The second-order valence-electron chi connectivity index (χ2n) is 4.97. The molecule has 0 aliphatic carbocycles. The van der Waals surface area contributed by atoms with E-state index < -0.39 is 0 Å². The van der Waals surface area contributed by atoms with Gasteiger partial charge in [-0.3, -0.25) is 4.79 Å². The number of aromatic nitrogens is 1. The maximum atomic E-state index is 12.0. The van der Waals surface area contributed by atoms with Gasteiger partial charge in [-0.2, -0.15) is 0 Å². The van der Waals surface area contributed by atoms with Crippen LogP contribution < -0.4 is 11.1 Å². The van der Waals surface area contributed by atoms with Crippen molar-refractivity contribution in [2.75, 3.05) is 5.32 Å². The maximum absolute atomic E-state index is 12.0. The van der Waals surface area contributed by atoms with Crippen LogP contribution in [0.2, 0.25) is 0 Å². The number of hydrogen-bond donors (Lipinski definition) is 2. The summed E-state index contributed by atoms with van der Waals surface area (Å²) in [6.07, 6.45) is 4.48. The largest absolute Gasteiger partial charge is 0.328 e.